The Kier molecular flexibility index (Phi) is 4.59. The van der Waals surface area contributed by atoms with Crippen LogP contribution in [-0.2, 0) is 6.42 Å². The van der Waals surface area contributed by atoms with Gasteiger partial charge >= 0.3 is 0 Å². The van der Waals surface area contributed by atoms with Gasteiger partial charge in [-0.2, -0.15) is 11.3 Å². The van der Waals surface area contributed by atoms with Crippen molar-refractivity contribution in [3.8, 4) is 12.3 Å². The van der Waals surface area contributed by atoms with Crippen molar-refractivity contribution in [1.82, 2.24) is 5.32 Å². The second-order valence-electron chi connectivity index (χ2n) is 3.15. The van der Waals surface area contributed by atoms with Crippen LogP contribution in [0.3, 0.4) is 0 Å². The molecular weight excluding hydrogens is 178 g/mol. The highest BCUT2D eigenvalue weighted by Gasteiger charge is 1.98. The fourth-order valence-corrected chi connectivity index (χ4v) is 1.85. The molecule has 2 heteroatoms. The van der Waals surface area contributed by atoms with E-state index in [-0.39, 0.29) is 0 Å². The second kappa shape index (κ2) is 5.80. The summed E-state index contributed by atoms with van der Waals surface area (Å²) in [6.07, 6.45) is 7.11. The maximum absolute atomic E-state index is 5.21. The molecule has 1 atom stereocenters. The molecule has 1 N–H and O–H groups in total. The zero-order valence-corrected chi connectivity index (χ0v) is 8.73. The van der Waals surface area contributed by atoms with E-state index in [0.29, 0.717) is 6.04 Å². The number of nitrogens with one attached hydrogen (secondary N) is 1. The van der Waals surface area contributed by atoms with Gasteiger partial charge in [0, 0.05) is 12.5 Å². The Morgan fingerprint density at radius 1 is 1.69 bits per heavy atom. The first-order valence-electron chi connectivity index (χ1n) is 4.51. The lowest BCUT2D eigenvalue weighted by Crippen LogP contribution is -2.27. The topological polar surface area (TPSA) is 12.0 Å². The first-order chi connectivity index (χ1) is 6.33. The number of thiophene rings is 1. The summed E-state index contributed by atoms with van der Waals surface area (Å²) in [6.45, 7) is 3.13. The number of terminal acetylenes is 1. The van der Waals surface area contributed by atoms with Crippen LogP contribution >= 0.6 is 11.3 Å². The normalized spacial score (nSPS) is 12.3. The molecule has 0 aliphatic carbocycles. The number of hydrogen-bond donors (Lipinski definition) is 1. The lowest BCUT2D eigenvalue weighted by Gasteiger charge is -2.09. The molecule has 0 spiro atoms. The van der Waals surface area contributed by atoms with Crippen molar-refractivity contribution in [2.45, 2.75) is 25.8 Å². The van der Waals surface area contributed by atoms with Gasteiger partial charge in [-0.1, -0.05) is 0 Å². The Morgan fingerprint density at radius 3 is 3.15 bits per heavy atom. The Morgan fingerprint density at radius 2 is 2.54 bits per heavy atom. The minimum Gasteiger partial charge on any atom is -0.313 e. The van der Waals surface area contributed by atoms with Gasteiger partial charge in [0.25, 0.3) is 0 Å². The van der Waals surface area contributed by atoms with Gasteiger partial charge in [0.05, 0.1) is 0 Å². The van der Waals surface area contributed by atoms with Crippen LogP contribution in [0.25, 0.3) is 0 Å². The summed E-state index contributed by atoms with van der Waals surface area (Å²) in [5, 5.41) is 7.68. The van der Waals surface area contributed by atoms with Crippen LogP contribution in [0.15, 0.2) is 16.8 Å². The molecule has 1 heterocycles. The molecule has 0 saturated heterocycles. The molecule has 0 fully saturated rings. The van der Waals surface area contributed by atoms with Crippen molar-refractivity contribution in [3.63, 3.8) is 0 Å². The van der Waals surface area contributed by atoms with Crippen LogP contribution < -0.4 is 5.32 Å². The van der Waals surface area contributed by atoms with E-state index in [1.54, 1.807) is 11.3 Å². The monoisotopic (exact) mass is 193 g/mol. The van der Waals surface area contributed by atoms with E-state index in [4.69, 9.17) is 6.42 Å². The molecular formula is C11H15NS. The molecule has 0 aliphatic heterocycles. The van der Waals surface area contributed by atoms with Gasteiger partial charge in [-0.25, -0.2) is 0 Å². The molecule has 70 valence electrons. The molecule has 0 radical (unpaired) electrons. The molecule has 1 nitrogen and oxygen atoms in total. The van der Waals surface area contributed by atoms with Crippen molar-refractivity contribution >= 4 is 11.3 Å². The van der Waals surface area contributed by atoms with Crippen LogP contribution in [0.1, 0.15) is 18.9 Å². The second-order valence-corrected chi connectivity index (χ2v) is 3.93. The van der Waals surface area contributed by atoms with E-state index in [1.165, 1.54) is 5.56 Å². The quantitative estimate of drug-likeness (QED) is 0.707. The molecule has 0 saturated carbocycles. The molecule has 0 bridgehead atoms. The highest BCUT2D eigenvalue weighted by molar-refractivity contribution is 7.07. The third-order valence-corrected chi connectivity index (χ3v) is 2.64. The summed E-state index contributed by atoms with van der Waals surface area (Å²) in [7, 11) is 0. The van der Waals surface area contributed by atoms with E-state index in [2.05, 4.69) is 35.0 Å². The van der Waals surface area contributed by atoms with Gasteiger partial charge in [0.15, 0.2) is 0 Å². The largest absolute Gasteiger partial charge is 0.313 e. The first kappa shape index (κ1) is 10.3. The standard InChI is InChI=1S/C11H15NS/c1-3-4-10(2)12-7-5-11-6-8-13-9-11/h1,6,8-10,12H,4-5,7H2,2H3. The van der Waals surface area contributed by atoms with E-state index in [9.17, 15) is 0 Å². The van der Waals surface area contributed by atoms with Gasteiger partial charge in [0.2, 0.25) is 0 Å². The Hall–Kier alpha value is -0.780. The zero-order valence-electron chi connectivity index (χ0n) is 7.92. The van der Waals surface area contributed by atoms with Crippen LogP contribution in [0.5, 0.6) is 0 Å². The van der Waals surface area contributed by atoms with Gasteiger partial charge in [-0.15, -0.1) is 12.3 Å². The van der Waals surface area contributed by atoms with Gasteiger partial charge < -0.3 is 5.32 Å². The minimum atomic E-state index is 0.434. The molecule has 0 aromatic carbocycles. The highest BCUT2D eigenvalue weighted by atomic mass is 32.1. The van der Waals surface area contributed by atoms with E-state index < -0.39 is 0 Å². The fraction of sp³-hybridized carbons (Fsp3) is 0.455. The zero-order chi connectivity index (χ0) is 9.52. The average Bonchev–Trinajstić information content (AvgIpc) is 2.57. The Balaban J connectivity index is 2.11. The highest BCUT2D eigenvalue weighted by Crippen LogP contribution is 2.05. The van der Waals surface area contributed by atoms with E-state index in [0.717, 1.165) is 19.4 Å². The van der Waals surface area contributed by atoms with Crippen molar-refractivity contribution < 1.29 is 0 Å². The lowest BCUT2D eigenvalue weighted by molar-refractivity contribution is 0.562. The smallest absolute Gasteiger partial charge is 0.0238 e. The van der Waals surface area contributed by atoms with Crippen molar-refractivity contribution in [3.05, 3.63) is 22.4 Å². The SMILES string of the molecule is C#CCC(C)NCCc1ccsc1. The molecule has 1 aromatic heterocycles. The van der Waals surface area contributed by atoms with Crippen molar-refractivity contribution in [1.29, 1.82) is 0 Å². The lowest BCUT2D eigenvalue weighted by atomic mass is 10.2. The predicted molar refractivity (Wildman–Crippen MR) is 58.9 cm³/mol. The molecule has 1 aromatic rings. The maximum Gasteiger partial charge on any atom is 0.0238 e. The average molecular weight is 193 g/mol. The Labute approximate surface area is 84.2 Å². The number of hydrogen-bond acceptors (Lipinski definition) is 2. The Bertz CT molecular complexity index is 258. The van der Waals surface area contributed by atoms with E-state index in [1.807, 2.05) is 0 Å². The van der Waals surface area contributed by atoms with Crippen molar-refractivity contribution in [2.24, 2.45) is 0 Å². The maximum atomic E-state index is 5.21. The summed E-state index contributed by atoms with van der Waals surface area (Å²) in [6, 6.07) is 2.60. The van der Waals surface area contributed by atoms with Crippen LogP contribution in [-0.4, -0.2) is 12.6 Å². The molecule has 1 unspecified atom stereocenters. The van der Waals surface area contributed by atoms with Gasteiger partial charge in [0.1, 0.15) is 0 Å². The third-order valence-electron chi connectivity index (χ3n) is 1.91. The van der Waals surface area contributed by atoms with Crippen LogP contribution in [0.4, 0.5) is 0 Å². The summed E-state index contributed by atoms with van der Waals surface area (Å²) < 4.78 is 0. The van der Waals surface area contributed by atoms with Crippen LogP contribution in [0.2, 0.25) is 0 Å². The summed E-state index contributed by atoms with van der Waals surface area (Å²) in [4.78, 5) is 0. The van der Waals surface area contributed by atoms with Gasteiger partial charge in [-0.3, -0.25) is 0 Å². The summed E-state index contributed by atoms with van der Waals surface area (Å²) >= 11 is 1.75. The first-order valence-corrected chi connectivity index (χ1v) is 5.45. The predicted octanol–water partition coefficient (Wildman–Crippen LogP) is 2.29. The van der Waals surface area contributed by atoms with Gasteiger partial charge in [-0.05, 0) is 42.3 Å². The third kappa shape index (κ3) is 4.12. The molecule has 0 amide bonds. The molecule has 1 rings (SSSR count). The molecule has 13 heavy (non-hydrogen) atoms. The molecule has 0 aliphatic rings. The minimum absolute atomic E-state index is 0.434. The number of rotatable bonds is 5. The fourth-order valence-electron chi connectivity index (χ4n) is 1.15. The van der Waals surface area contributed by atoms with Crippen molar-refractivity contribution in [2.75, 3.05) is 6.54 Å². The summed E-state index contributed by atoms with van der Waals surface area (Å²) in [5.41, 5.74) is 1.41. The summed E-state index contributed by atoms with van der Waals surface area (Å²) in [5.74, 6) is 2.65. The van der Waals surface area contributed by atoms with E-state index >= 15 is 0 Å². The van der Waals surface area contributed by atoms with Crippen LogP contribution in [0, 0.1) is 12.3 Å².